The molecular weight excluding hydrogens is 589 g/mol. The maximum atomic E-state index is 15.3. The molecule has 2 N–H and O–H groups in total. The van der Waals surface area contributed by atoms with E-state index in [4.69, 9.17) is 0 Å². The summed E-state index contributed by atoms with van der Waals surface area (Å²) in [5, 5.41) is 31.3. The number of anilines is 3. The number of benzene rings is 2. The van der Waals surface area contributed by atoms with Gasteiger partial charge >= 0.3 is 0 Å². The molecule has 12 nitrogen and oxygen atoms in total. The van der Waals surface area contributed by atoms with Crippen molar-refractivity contribution in [2.75, 3.05) is 43.4 Å². The van der Waals surface area contributed by atoms with Gasteiger partial charge < -0.3 is 20.2 Å². The predicted molar refractivity (Wildman–Crippen MR) is 175 cm³/mol. The zero-order valence-corrected chi connectivity index (χ0v) is 26.5. The standard InChI is InChI=1S/C33H36FN9O3/c1-33(2,3)21-15-20-18-35-43(32(46)30(20)24(34)16-21)27-8-6-7-22(23(27)19-44)25-17-26(31(45)41(5)39-25)36-28-9-10-29(38-37-28)42-13-11-40(4)12-14-42/h6-10,15-18,44H,11-14,19H2,1-5H3,(H,36,37). The molecule has 2 aromatic carbocycles. The highest BCUT2D eigenvalue weighted by molar-refractivity contribution is 5.83. The first-order valence-electron chi connectivity index (χ1n) is 15.0. The third kappa shape index (κ3) is 5.86. The lowest BCUT2D eigenvalue weighted by molar-refractivity contribution is 0.281. The van der Waals surface area contributed by atoms with Gasteiger partial charge in [-0.25, -0.2) is 9.07 Å². The van der Waals surface area contributed by atoms with E-state index >= 15 is 4.39 Å². The van der Waals surface area contributed by atoms with Crippen molar-refractivity contribution in [3.05, 3.63) is 92.4 Å². The minimum absolute atomic E-state index is 0.0937. The molecule has 0 atom stereocenters. The summed E-state index contributed by atoms with van der Waals surface area (Å²) < 4.78 is 17.6. The van der Waals surface area contributed by atoms with Gasteiger partial charge in [0.25, 0.3) is 11.1 Å². The maximum absolute atomic E-state index is 15.3. The average molecular weight is 626 g/mol. The van der Waals surface area contributed by atoms with Crippen molar-refractivity contribution in [2.45, 2.75) is 32.8 Å². The number of aryl methyl sites for hydroxylation is 1. The van der Waals surface area contributed by atoms with Gasteiger partial charge in [-0.3, -0.25) is 9.59 Å². The maximum Gasteiger partial charge on any atom is 0.290 e. The van der Waals surface area contributed by atoms with Gasteiger partial charge in [0.15, 0.2) is 11.6 Å². The van der Waals surface area contributed by atoms with Crippen LogP contribution < -0.4 is 21.3 Å². The number of piperazine rings is 1. The second kappa shape index (κ2) is 12.1. The lowest BCUT2D eigenvalue weighted by Crippen LogP contribution is -2.44. The van der Waals surface area contributed by atoms with E-state index in [0.717, 1.165) is 42.2 Å². The Kier molecular flexibility index (Phi) is 8.13. The van der Waals surface area contributed by atoms with Gasteiger partial charge in [-0.2, -0.15) is 14.9 Å². The van der Waals surface area contributed by atoms with E-state index in [2.05, 4.69) is 42.6 Å². The Morgan fingerprint density at radius 1 is 0.957 bits per heavy atom. The first kappa shape index (κ1) is 31.0. The molecule has 0 aliphatic carbocycles. The fraction of sp³-hybridized carbons (Fsp3) is 0.333. The van der Waals surface area contributed by atoms with Crippen LogP contribution in [0.1, 0.15) is 31.9 Å². The van der Waals surface area contributed by atoms with E-state index < -0.39 is 23.5 Å². The Morgan fingerprint density at radius 2 is 1.72 bits per heavy atom. The molecular formula is C33H36FN9O3. The molecule has 1 saturated heterocycles. The molecule has 0 amide bonds. The van der Waals surface area contributed by atoms with Crippen LogP contribution in [0.3, 0.4) is 0 Å². The number of aliphatic hydroxyl groups excluding tert-OH is 1. The summed E-state index contributed by atoms with van der Waals surface area (Å²) >= 11 is 0. The molecule has 46 heavy (non-hydrogen) atoms. The Labute approximate surface area is 264 Å². The summed E-state index contributed by atoms with van der Waals surface area (Å²) in [5.41, 5.74) is 0.986. The van der Waals surface area contributed by atoms with Crippen LogP contribution in [-0.4, -0.2) is 73.0 Å². The molecule has 0 saturated carbocycles. The van der Waals surface area contributed by atoms with E-state index in [9.17, 15) is 14.7 Å². The van der Waals surface area contributed by atoms with Gasteiger partial charge in [0.1, 0.15) is 11.5 Å². The molecule has 0 spiro atoms. The predicted octanol–water partition coefficient (Wildman–Crippen LogP) is 3.36. The van der Waals surface area contributed by atoms with E-state index in [-0.39, 0.29) is 22.2 Å². The average Bonchev–Trinajstić information content (AvgIpc) is 3.03. The Hall–Kier alpha value is -5.01. The van der Waals surface area contributed by atoms with E-state index in [1.807, 2.05) is 26.8 Å². The number of rotatable bonds is 6. The van der Waals surface area contributed by atoms with Crippen LogP contribution in [0.25, 0.3) is 27.7 Å². The molecule has 238 valence electrons. The van der Waals surface area contributed by atoms with Gasteiger partial charge in [-0.15, -0.1) is 10.2 Å². The number of nitrogens with zero attached hydrogens (tertiary/aromatic N) is 8. The highest BCUT2D eigenvalue weighted by Crippen LogP contribution is 2.30. The summed E-state index contributed by atoms with van der Waals surface area (Å²) in [4.78, 5) is 31.1. The van der Waals surface area contributed by atoms with E-state index in [1.54, 1.807) is 36.4 Å². The Morgan fingerprint density at radius 3 is 2.39 bits per heavy atom. The summed E-state index contributed by atoms with van der Waals surface area (Å²) in [5.74, 6) is 0.505. The molecule has 13 heteroatoms. The third-order valence-electron chi connectivity index (χ3n) is 8.32. The zero-order valence-electron chi connectivity index (χ0n) is 26.5. The van der Waals surface area contributed by atoms with Crippen LogP contribution in [0.4, 0.5) is 21.7 Å². The molecule has 6 rings (SSSR count). The first-order chi connectivity index (χ1) is 21.9. The molecule has 1 aliphatic rings. The highest BCUT2D eigenvalue weighted by Gasteiger charge is 2.22. The summed E-state index contributed by atoms with van der Waals surface area (Å²) in [6.45, 7) is 9.01. The largest absolute Gasteiger partial charge is 0.392 e. The van der Waals surface area contributed by atoms with Gasteiger partial charge in [0.05, 0.1) is 29.6 Å². The minimum atomic E-state index is -0.656. The lowest BCUT2D eigenvalue weighted by atomic mass is 9.86. The van der Waals surface area contributed by atoms with Crippen LogP contribution in [0.15, 0.2) is 64.3 Å². The highest BCUT2D eigenvalue weighted by atomic mass is 19.1. The summed E-state index contributed by atoms with van der Waals surface area (Å²) in [6, 6.07) is 13.4. The number of hydrogen-bond donors (Lipinski definition) is 2. The quantitative estimate of drug-likeness (QED) is 0.289. The van der Waals surface area contributed by atoms with E-state index in [0.29, 0.717) is 28.0 Å². The van der Waals surface area contributed by atoms with E-state index in [1.165, 1.54) is 24.0 Å². The number of fused-ring (bicyclic) bond motifs is 1. The van der Waals surface area contributed by atoms with Crippen molar-refractivity contribution < 1.29 is 9.50 Å². The number of aromatic nitrogens is 6. The number of halogens is 1. The second-order valence-electron chi connectivity index (χ2n) is 12.6. The monoisotopic (exact) mass is 625 g/mol. The van der Waals surface area contributed by atoms with Crippen molar-refractivity contribution in [3.8, 4) is 16.9 Å². The van der Waals surface area contributed by atoms with Crippen LogP contribution in [0.2, 0.25) is 0 Å². The molecule has 1 aliphatic heterocycles. The van der Waals surface area contributed by atoms with Gasteiger partial charge in [0.2, 0.25) is 0 Å². The molecule has 0 radical (unpaired) electrons. The number of aliphatic hydroxyl groups is 1. The molecule has 5 aromatic rings. The smallest absolute Gasteiger partial charge is 0.290 e. The Balaban J connectivity index is 1.36. The zero-order chi connectivity index (χ0) is 32.7. The second-order valence-corrected chi connectivity index (χ2v) is 12.6. The van der Waals surface area contributed by atoms with Crippen molar-refractivity contribution in [3.63, 3.8) is 0 Å². The van der Waals surface area contributed by atoms with Crippen LogP contribution in [0, 0.1) is 5.82 Å². The molecule has 3 aromatic heterocycles. The van der Waals surface area contributed by atoms with Crippen LogP contribution >= 0.6 is 0 Å². The topological polar surface area (TPSA) is 134 Å². The Bertz CT molecular complexity index is 2040. The summed E-state index contributed by atoms with van der Waals surface area (Å²) in [7, 11) is 3.61. The number of likely N-dealkylation sites (N-methyl/N-ethyl adjacent to an activating group) is 1. The fourth-order valence-electron chi connectivity index (χ4n) is 5.58. The molecule has 1 fully saturated rings. The van der Waals surface area contributed by atoms with Crippen molar-refractivity contribution in [2.24, 2.45) is 7.05 Å². The van der Waals surface area contributed by atoms with Gasteiger partial charge in [-0.05, 0) is 54.4 Å². The SMILES string of the molecule is CN1CCN(c2ccc(Nc3cc(-c4cccc(-n5ncc6cc(C(C)(C)C)cc(F)c6c5=O)c4CO)nn(C)c3=O)nn2)CC1. The van der Waals surface area contributed by atoms with Gasteiger partial charge in [0, 0.05) is 49.7 Å². The molecule has 4 heterocycles. The number of nitrogens with one attached hydrogen (secondary N) is 1. The van der Waals surface area contributed by atoms with Gasteiger partial charge in [-0.1, -0.05) is 32.9 Å². The molecule has 0 bridgehead atoms. The van der Waals surface area contributed by atoms with Crippen molar-refractivity contribution in [1.29, 1.82) is 0 Å². The fourth-order valence-corrected chi connectivity index (χ4v) is 5.58. The third-order valence-corrected chi connectivity index (χ3v) is 8.32. The molecule has 0 unspecified atom stereocenters. The minimum Gasteiger partial charge on any atom is -0.392 e. The normalized spacial score (nSPS) is 14.2. The van der Waals surface area contributed by atoms with Crippen LogP contribution in [0.5, 0.6) is 0 Å². The lowest BCUT2D eigenvalue weighted by Gasteiger charge is -2.32. The number of hydrogen-bond acceptors (Lipinski definition) is 10. The van der Waals surface area contributed by atoms with Crippen molar-refractivity contribution in [1.82, 2.24) is 34.7 Å². The van der Waals surface area contributed by atoms with Crippen LogP contribution in [-0.2, 0) is 19.1 Å². The summed E-state index contributed by atoms with van der Waals surface area (Å²) in [6.07, 6.45) is 1.45. The van der Waals surface area contributed by atoms with Crippen molar-refractivity contribution >= 4 is 28.1 Å². The first-order valence-corrected chi connectivity index (χ1v) is 15.0.